The Morgan fingerprint density at radius 3 is 2.47 bits per heavy atom. The molecular weight excluding hydrogens is 236 g/mol. The number of rotatable bonds is 6. The monoisotopic (exact) mass is 260 g/mol. The predicted molar refractivity (Wildman–Crippen MR) is 77.8 cm³/mol. The molecule has 0 unspecified atom stereocenters. The molecule has 2 rings (SSSR count). The Balaban J connectivity index is 1.86. The smallest absolute Gasteiger partial charge is 0.242 e. The lowest BCUT2D eigenvalue weighted by Crippen LogP contribution is -2.49. The van der Waals surface area contributed by atoms with Crippen molar-refractivity contribution in [3.8, 4) is 0 Å². The fraction of sp³-hybridized carbons (Fsp3) is 0.562. The number of amides is 1. The molecule has 3 heteroatoms. The average molecular weight is 260 g/mol. The Labute approximate surface area is 115 Å². The maximum atomic E-state index is 12.3. The van der Waals surface area contributed by atoms with Crippen LogP contribution in [0, 0.1) is 0 Å². The largest absolute Gasteiger partial charge is 0.339 e. The summed E-state index contributed by atoms with van der Waals surface area (Å²) < 4.78 is 0. The van der Waals surface area contributed by atoms with Gasteiger partial charge in [-0.3, -0.25) is 4.79 Å². The van der Waals surface area contributed by atoms with Crippen LogP contribution in [0.3, 0.4) is 0 Å². The molecule has 2 N–H and O–H groups in total. The number of nitrogens with zero attached hydrogens (tertiary/aromatic N) is 1. The zero-order valence-electron chi connectivity index (χ0n) is 11.9. The highest BCUT2D eigenvalue weighted by Crippen LogP contribution is 2.34. The first-order valence-electron chi connectivity index (χ1n) is 7.17. The topological polar surface area (TPSA) is 46.3 Å². The van der Waals surface area contributed by atoms with Crippen molar-refractivity contribution >= 4 is 5.91 Å². The second-order valence-electron chi connectivity index (χ2n) is 5.84. The molecule has 1 amide bonds. The fourth-order valence-electron chi connectivity index (χ4n) is 2.33. The van der Waals surface area contributed by atoms with E-state index in [1.807, 2.05) is 11.0 Å². The zero-order valence-corrected chi connectivity index (χ0v) is 11.9. The van der Waals surface area contributed by atoms with Crippen LogP contribution in [0.1, 0.15) is 38.7 Å². The van der Waals surface area contributed by atoms with Gasteiger partial charge < -0.3 is 10.6 Å². The van der Waals surface area contributed by atoms with Gasteiger partial charge in [0.05, 0.1) is 5.54 Å². The standard InChI is InChI=1S/C16H24N2O/c1-13(2)18(15(19)16(17)10-11-16)12-6-9-14-7-4-3-5-8-14/h3-5,7-8,13H,6,9-12,17H2,1-2H3. The fourth-order valence-corrected chi connectivity index (χ4v) is 2.33. The van der Waals surface area contributed by atoms with E-state index >= 15 is 0 Å². The third-order valence-corrected chi connectivity index (χ3v) is 3.81. The number of hydrogen-bond acceptors (Lipinski definition) is 2. The third-order valence-electron chi connectivity index (χ3n) is 3.81. The van der Waals surface area contributed by atoms with Crippen LogP contribution in [0.2, 0.25) is 0 Å². The minimum Gasteiger partial charge on any atom is -0.339 e. The summed E-state index contributed by atoms with van der Waals surface area (Å²) >= 11 is 0. The van der Waals surface area contributed by atoms with E-state index in [0.717, 1.165) is 32.2 Å². The summed E-state index contributed by atoms with van der Waals surface area (Å²) in [6, 6.07) is 10.6. The molecule has 1 aromatic rings. The van der Waals surface area contributed by atoms with Gasteiger partial charge in [-0.1, -0.05) is 30.3 Å². The summed E-state index contributed by atoms with van der Waals surface area (Å²) in [4.78, 5) is 14.3. The van der Waals surface area contributed by atoms with Crippen LogP contribution in [0.25, 0.3) is 0 Å². The van der Waals surface area contributed by atoms with E-state index in [1.54, 1.807) is 0 Å². The number of hydrogen-bond donors (Lipinski definition) is 1. The summed E-state index contributed by atoms with van der Waals surface area (Å²) in [6.07, 6.45) is 3.68. The van der Waals surface area contributed by atoms with Crippen LogP contribution >= 0.6 is 0 Å². The van der Waals surface area contributed by atoms with Gasteiger partial charge in [-0.2, -0.15) is 0 Å². The number of benzene rings is 1. The zero-order chi connectivity index (χ0) is 13.9. The highest BCUT2D eigenvalue weighted by molar-refractivity contribution is 5.89. The minimum absolute atomic E-state index is 0.135. The molecular formula is C16H24N2O. The van der Waals surface area contributed by atoms with Gasteiger partial charge >= 0.3 is 0 Å². The summed E-state index contributed by atoms with van der Waals surface area (Å²) in [5.41, 5.74) is 6.80. The first-order chi connectivity index (χ1) is 9.03. The van der Waals surface area contributed by atoms with E-state index in [1.165, 1.54) is 5.56 Å². The number of aryl methyl sites for hydroxylation is 1. The summed E-state index contributed by atoms with van der Waals surface area (Å²) in [5, 5.41) is 0. The van der Waals surface area contributed by atoms with Crippen molar-refractivity contribution in [2.24, 2.45) is 5.73 Å². The maximum absolute atomic E-state index is 12.3. The Hall–Kier alpha value is -1.35. The minimum atomic E-state index is -0.545. The van der Waals surface area contributed by atoms with Crippen LogP contribution in [0.5, 0.6) is 0 Å². The molecule has 1 aliphatic carbocycles. The van der Waals surface area contributed by atoms with E-state index in [2.05, 4.69) is 38.1 Å². The molecule has 0 spiro atoms. The summed E-state index contributed by atoms with van der Waals surface area (Å²) in [6.45, 7) is 4.92. The SMILES string of the molecule is CC(C)N(CCCc1ccccc1)C(=O)C1(N)CC1. The lowest BCUT2D eigenvalue weighted by molar-refractivity contribution is -0.135. The molecule has 0 atom stereocenters. The molecule has 1 aliphatic rings. The lowest BCUT2D eigenvalue weighted by Gasteiger charge is -2.29. The normalized spacial score (nSPS) is 16.4. The van der Waals surface area contributed by atoms with Crippen LogP contribution in [-0.4, -0.2) is 28.9 Å². The molecule has 1 aromatic carbocycles. The van der Waals surface area contributed by atoms with Crippen molar-refractivity contribution in [1.29, 1.82) is 0 Å². The molecule has 0 heterocycles. The van der Waals surface area contributed by atoms with Crippen molar-refractivity contribution < 1.29 is 4.79 Å². The van der Waals surface area contributed by atoms with E-state index in [-0.39, 0.29) is 11.9 Å². The second-order valence-corrected chi connectivity index (χ2v) is 5.84. The Bertz CT molecular complexity index is 424. The van der Waals surface area contributed by atoms with Gasteiger partial charge in [-0.25, -0.2) is 0 Å². The molecule has 0 saturated heterocycles. The van der Waals surface area contributed by atoms with Crippen LogP contribution in [0.15, 0.2) is 30.3 Å². The van der Waals surface area contributed by atoms with Crippen molar-refractivity contribution in [2.75, 3.05) is 6.54 Å². The highest BCUT2D eigenvalue weighted by atomic mass is 16.2. The summed E-state index contributed by atoms with van der Waals surface area (Å²) in [7, 11) is 0. The predicted octanol–water partition coefficient (Wildman–Crippen LogP) is 2.35. The second kappa shape index (κ2) is 5.74. The van der Waals surface area contributed by atoms with E-state index in [4.69, 9.17) is 5.73 Å². The average Bonchev–Trinajstić information content (AvgIpc) is 3.14. The van der Waals surface area contributed by atoms with E-state index in [0.29, 0.717) is 0 Å². The molecule has 0 bridgehead atoms. The quantitative estimate of drug-likeness (QED) is 0.853. The van der Waals surface area contributed by atoms with Crippen molar-refractivity contribution in [3.63, 3.8) is 0 Å². The van der Waals surface area contributed by atoms with Gasteiger partial charge in [0.15, 0.2) is 0 Å². The van der Waals surface area contributed by atoms with Crippen LogP contribution in [-0.2, 0) is 11.2 Å². The van der Waals surface area contributed by atoms with E-state index < -0.39 is 5.54 Å². The van der Waals surface area contributed by atoms with Gasteiger partial charge in [0.1, 0.15) is 0 Å². The molecule has 0 aliphatic heterocycles. The van der Waals surface area contributed by atoms with Crippen molar-refractivity contribution in [3.05, 3.63) is 35.9 Å². The number of carbonyl (C=O) groups is 1. The van der Waals surface area contributed by atoms with Gasteiger partial charge in [-0.15, -0.1) is 0 Å². The first kappa shape index (κ1) is 14.1. The van der Waals surface area contributed by atoms with Gasteiger partial charge in [0, 0.05) is 12.6 Å². The lowest BCUT2D eigenvalue weighted by atomic mass is 10.1. The maximum Gasteiger partial charge on any atom is 0.242 e. The Kier molecular flexibility index (Phi) is 4.25. The molecule has 3 nitrogen and oxygen atoms in total. The highest BCUT2D eigenvalue weighted by Gasteiger charge is 2.48. The van der Waals surface area contributed by atoms with Crippen LogP contribution < -0.4 is 5.73 Å². The summed E-state index contributed by atoms with van der Waals surface area (Å²) in [5.74, 6) is 0.135. The molecule has 0 aromatic heterocycles. The van der Waals surface area contributed by atoms with Crippen LogP contribution in [0.4, 0.5) is 0 Å². The molecule has 1 fully saturated rings. The number of nitrogens with two attached hydrogens (primary N) is 1. The first-order valence-corrected chi connectivity index (χ1v) is 7.17. The van der Waals surface area contributed by atoms with Crippen molar-refractivity contribution in [1.82, 2.24) is 4.90 Å². The van der Waals surface area contributed by atoms with Gasteiger partial charge in [0.25, 0.3) is 0 Å². The van der Waals surface area contributed by atoms with Gasteiger partial charge in [-0.05, 0) is 45.1 Å². The Morgan fingerprint density at radius 2 is 1.95 bits per heavy atom. The molecule has 0 radical (unpaired) electrons. The van der Waals surface area contributed by atoms with E-state index in [9.17, 15) is 4.79 Å². The Morgan fingerprint density at radius 1 is 1.32 bits per heavy atom. The molecule has 19 heavy (non-hydrogen) atoms. The third kappa shape index (κ3) is 3.57. The molecule has 104 valence electrons. The molecule has 1 saturated carbocycles. The number of carbonyl (C=O) groups excluding carboxylic acids is 1. The van der Waals surface area contributed by atoms with Gasteiger partial charge in [0.2, 0.25) is 5.91 Å². The van der Waals surface area contributed by atoms with Crippen molar-refractivity contribution in [2.45, 2.75) is 51.1 Å².